The van der Waals surface area contributed by atoms with Gasteiger partial charge in [0, 0.05) is 6.54 Å². The maximum absolute atomic E-state index is 12.8. The quantitative estimate of drug-likeness (QED) is 0.705. The smallest absolute Gasteiger partial charge is 0.344 e. The fourth-order valence-electron chi connectivity index (χ4n) is 2.43. The zero-order valence-electron chi connectivity index (χ0n) is 16.5. The van der Waals surface area contributed by atoms with E-state index in [9.17, 15) is 14.0 Å². The zero-order chi connectivity index (χ0) is 20.6. The van der Waals surface area contributed by atoms with Crippen molar-refractivity contribution < 1.29 is 23.5 Å². The lowest BCUT2D eigenvalue weighted by atomic mass is 9.87. The number of hydrogen-bond acceptors (Lipinski definition) is 4. The van der Waals surface area contributed by atoms with Gasteiger partial charge in [-0.05, 0) is 47.2 Å². The minimum atomic E-state index is -0.617. The number of benzene rings is 2. The fourth-order valence-corrected chi connectivity index (χ4v) is 2.43. The molecule has 2 aromatic rings. The molecular formula is C22H26FNO4. The van der Waals surface area contributed by atoms with E-state index < -0.39 is 11.9 Å². The van der Waals surface area contributed by atoms with Gasteiger partial charge in [-0.25, -0.2) is 9.18 Å². The largest absolute Gasteiger partial charge is 0.482 e. The maximum Gasteiger partial charge on any atom is 0.344 e. The molecule has 28 heavy (non-hydrogen) atoms. The summed E-state index contributed by atoms with van der Waals surface area (Å²) in [4.78, 5) is 23.4. The first-order valence-corrected chi connectivity index (χ1v) is 9.14. The van der Waals surface area contributed by atoms with Crippen LogP contribution in [0.1, 0.15) is 31.9 Å². The Labute approximate surface area is 164 Å². The molecule has 0 aliphatic rings. The summed E-state index contributed by atoms with van der Waals surface area (Å²) in [6, 6.07) is 13.6. The van der Waals surface area contributed by atoms with Gasteiger partial charge in [0.15, 0.2) is 13.2 Å². The number of carbonyl (C=O) groups excluding carboxylic acids is 2. The Kier molecular flexibility index (Phi) is 7.55. The van der Waals surface area contributed by atoms with Gasteiger partial charge >= 0.3 is 5.97 Å². The summed E-state index contributed by atoms with van der Waals surface area (Å²) in [7, 11) is 0. The topological polar surface area (TPSA) is 64.6 Å². The molecule has 1 amide bonds. The van der Waals surface area contributed by atoms with E-state index in [1.165, 1.54) is 17.7 Å². The van der Waals surface area contributed by atoms with Gasteiger partial charge < -0.3 is 14.8 Å². The first-order chi connectivity index (χ1) is 13.2. The second kappa shape index (κ2) is 9.88. The highest BCUT2D eigenvalue weighted by molar-refractivity contribution is 5.80. The summed E-state index contributed by atoms with van der Waals surface area (Å²) in [5, 5.41) is 2.64. The van der Waals surface area contributed by atoms with Crippen LogP contribution >= 0.6 is 0 Å². The Morgan fingerprint density at radius 1 is 0.964 bits per heavy atom. The molecule has 0 aliphatic carbocycles. The standard InChI is InChI=1S/C22H26FNO4/c1-22(2,3)17-6-10-19(11-7-17)27-15-21(26)28-14-20(25)24-13-12-16-4-8-18(23)9-5-16/h4-11H,12-15H2,1-3H3,(H,24,25). The van der Waals surface area contributed by atoms with E-state index in [1.807, 2.05) is 12.1 Å². The van der Waals surface area contributed by atoms with Crippen molar-refractivity contribution in [3.8, 4) is 5.75 Å². The van der Waals surface area contributed by atoms with E-state index in [2.05, 4.69) is 26.1 Å². The van der Waals surface area contributed by atoms with Crippen molar-refractivity contribution in [3.05, 3.63) is 65.5 Å². The van der Waals surface area contributed by atoms with Gasteiger partial charge in [-0.3, -0.25) is 4.79 Å². The third-order valence-corrected chi connectivity index (χ3v) is 4.09. The van der Waals surface area contributed by atoms with Crippen LogP contribution in [0.25, 0.3) is 0 Å². The molecule has 5 nitrogen and oxygen atoms in total. The van der Waals surface area contributed by atoms with Crippen LogP contribution in [0.15, 0.2) is 48.5 Å². The predicted octanol–water partition coefficient (Wildman–Crippen LogP) is 3.40. The van der Waals surface area contributed by atoms with Crippen LogP contribution in [-0.4, -0.2) is 31.6 Å². The second-order valence-electron chi connectivity index (χ2n) is 7.45. The number of amides is 1. The normalized spacial score (nSPS) is 11.0. The van der Waals surface area contributed by atoms with Crippen LogP contribution in [0.2, 0.25) is 0 Å². The molecule has 1 N–H and O–H groups in total. The number of nitrogens with one attached hydrogen (secondary N) is 1. The van der Waals surface area contributed by atoms with Gasteiger partial charge in [-0.2, -0.15) is 0 Å². The van der Waals surface area contributed by atoms with E-state index in [-0.39, 0.29) is 24.4 Å². The average molecular weight is 387 g/mol. The molecule has 0 radical (unpaired) electrons. The molecule has 0 unspecified atom stereocenters. The van der Waals surface area contributed by atoms with Crippen LogP contribution in [-0.2, 0) is 26.2 Å². The lowest BCUT2D eigenvalue weighted by molar-refractivity contribution is -0.150. The number of halogens is 1. The first kappa shape index (κ1) is 21.4. The van der Waals surface area contributed by atoms with Crippen molar-refractivity contribution >= 4 is 11.9 Å². The number of hydrogen-bond donors (Lipinski definition) is 1. The lowest BCUT2D eigenvalue weighted by Gasteiger charge is -2.19. The highest BCUT2D eigenvalue weighted by Crippen LogP contribution is 2.24. The molecule has 0 saturated heterocycles. The van der Waals surface area contributed by atoms with E-state index in [4.69, 9.17) is 9.47 Å². The molecule has 0 saturated carbocycles. The van der Waals surface area contributed by atoms with Crippen LogP contribution in [0.4, 0.5) is 4.39 Å². The van der Waals surface area contributed by atoms with Crippen molar-refractivity contribution in [2.75, 3.05) is 19.8 Å². The third-order valence-electron chi connectivity index (χ3n) is 4.09. The van der Waals surface area contributed by atoms with Gasteiger partial charge in [0.05, 0.1) is 0 Å². The zero-order valence-corrected chi connectivity index (χ0v) is 16.5. The van der Waals surface area contributed by atoms with Gasteiger partial charge in [-0.1, -0.05) is 45.0 Å². The number of carbonyl (C=O) groups is 2. The SMILES string of the molecule is CC(C)(C)c1ccc(OCC(=O)OCC(=O)NCCc2ccc(F)cc2)cc1. The summed E-state index contributed by atoms with van der Waals surface area (Å²) in [5.74, 6) is -0.751. The molecule has 2 aromatic carbocycles. The average Bonchev–Trinajstić information content (AvgIpc) is 2.66. The summed E-state index contributed by atoms with van der Waals surface area (Å²) in [6.45, 7) is 6.09. The van der Waals surface area contributed by atoms with E-state index in [0.717, 1.165) is 5.56 Å². The Bertz CT molecular complexity index is 780. The molecule has 0 fully saturated rings. The Morgan fingerprint density at radius 3 is 2.21 bits per heavy atom. The van der Waals surface area contributed by atoms with Gasteiger partial charge in [0.2, 0.25) is 0 Å². The van der Waals surface area contributed by atoms with Gasteiger partial charge in [0.25, 0.3) is 5.91 Å². The Hall–Kier alpha value is -2.89. The van der Waals surface area contributed by atoms with Crippen molar-refractivity contribution in [2.24, 2.45) is 0 Å². The number of ether oxygens (including phenoxy) is 2. The van der Waals surface area contributed by atoms with Crippen molar-refractivity contribution in [2.45, 2.75) is 32.6 Å². The van der Waals surface area contributed by atoms with Crippen molar-refractivity contribution in [1.29, 1.82) is 0 Å². The van der Waals surface area contributed by atoms with Crippen LogP contribution in [0.3, 0.4) is 0 Å². The predicted molar refractivity (Wildman–Crippen MR) is 105 cm³/mol. The minimum absolute atomic E-state index is 0.0432. The fraction of sp³-hybridized carbons (Fsp3) is 0.364. The molecular weight excluding hydrogens is 361 g/mol. The third kappa shape index (κ3) is 7.39. The number of esters is 1. The highest BCUT2D eigenvalue weighted by atomic mass is 19.1. The number of rotatable bonds is 8. The summed E-state index contributed by atoms with van der Waals surface area (Å²) < 4.78 is 23.1. The minimum Gasteiger partial charge on any atom is -0.482 e. The monoisotopic (exact) mass is 387 g/mol. The summed E-state index contributed by atoms with van der Waals surface area (Å²) in [6.07, 6.45) is 0.563. The molecule has 0 spiro atoms. The van der Waals surface area contributed by atoms with Crippen LogP contribution in [0, 0.1) is 5.82 Å². The molecule has 2 rings (SSSR count). The van der Waals surface area contributed by atoms with Crippen LogP contribution < -0.4 is 10.1 Å². The lowest BCUT2D eigenvalue weighted by Crippen LogP contribution is -2.31. The van der Waals surface area contributed by atoms with E-state index in [1.54, 1.807) is 24.3 Å². The first-order valence-electron chi connectivity index (χ1n) is 9.14. The molecule has 0 heterocycles. The highest BCUT2D eigenvalue weighted by Gasteiger charge is 2.13. The summed E-state index contributed by atoms with van der Waals surface area (Å²) >= 11 is 0. The van der Waals surface area contributed by atoms with E-state index >= 15 is 0 Å². The Balaban J connectivity index is 1.63. The van der Waals surface area contributed by atoms with Gasteiger partial charge in [0.1, 0.15) is 11.6 Å². The molecule has 6 heteroatoms. The maximum atomic E-state index is 12.8. The van der Waals surface area contributed by atoms with Gasteiger partial charge in [-0.15, -0.1) is 0 Å². The summed E-state index contributed by atoms with van der Waals surface area (Å²) in [5.41, 5.74) is 2.12. The van der Waals surface area contributed by atoms with Crippen LogP contribution in [0.5, 0.6) is 5.75 Å². The molecule has 150 valence electrons. The Morgan fingerprint density at radius 2 is 1.61 bits per heavy atom. The van der Waals surface area contributed by atoms with E-state index in [0.29, 0.717) is 18.7 Å². The molecule has 0 atom stereocenters. The molecule has 0 bridgehead atoms. The van der Waals surface area contributed by atoms with Crippen molar-refractivity contribution in [1.82, 2.24) is 5.32 Å². The molecule has 0 aromatic heterocycles. The molecule has 0 aliphatic heterocycles. The van der Waals surface area contributed by atoms with Crippen molar-refractivity contribution in [3.63, 3.8) is 0 Å². The second-order valence-corrected chi connectivity index (χ2v) is 7.45.